The predicted molar refractivity (Wildman–Crippen MR) is 108 cm³/mol. The number of aromatic amines is 1. The zero-order chi connectivity index (χ0) is 20.2. The predicted octanol–water partition coefficient (Wildman–Crippen LogP) is 3.15. The number of H-pyrrole nitrogens is 1. The van der Waals surface area contributed by atoms with Crippen molar-refractivity contribution in [1.29, 1.82) is 0 Å². The minimum Gasteiger partial charge on any atom is -0.467 e. The van der Waals surface area contributed by atoms with Gasteiger partial charge in [0.2, 0.25) is 5.91 Å². The second-order valence-electron chi connectivity index (χ2n) is 7.30. The average molecular weight is 392 g/mol. The summed E-state index contributed by atoms with van der Waals surface area (Å²) in [6.07, 6.45) is 2.88. The summed E-state index contributed by atoms with van der Waals surface area (Å²) in [4.78, 5) is 27.1. The Morgan fingerprint density at radius 1 is 1.17 bits per heavy atom. The summed E-state index contributed by atoms with van der Waals surface area (Å²) >= 11 is 0. The molecule has 1 aliphatic rings. The molecule has 0 bridgehead atoms. The van der Waals surface area contributed by atoms with Gasteiger partial charge in [-0.1, -0.05) is 30.3 Å². The number of furan rings is 1. The first-order valence-corrected chi connectivity index (χ1v) is 9.83. The number of nitrogens with one attached hydrogen (secondary N) is 2. The molecule has 0 atom stereocenters. The fourth-order valence-electron chi connectivity index (χ4n) is 3.72. The van der Waals surface area contributed by atoms with Gasteiger partial charge in [0.15, 0.2) is 0 Å². The maximum absolute atomic E-state index is 13.0. The van der Waals surface area contributed by atoms with E-state index in [4.69, 9.17) is 4.42 Å². The van der Waals surface area contributed by atoms with Gasteiger partial charge in [0.25, 0.3) is 5.91 Å². The SMILES string of the molecule is Cc1c(-c2ccccc2)n[nH]c1C(=O)N1CCC(C(=O)NCc2ccco2)CC1. The van der Waals surface area contributed by atoms with Gasteiger partial charge in [-0.3, -0.25) is 14.7 Å². The Bertz CT molecular complexity index is 971. The van der Waals surface area contributed by atoms with E-state index in [1.165, 1.54) is 0 Å². The van der Waals surface area contributed by atoms with Crippen LogP contribution in [0.5, 0.6) is 0 Å². The second-order valence-corrected chi connectivity index (χ2v) is 7.30. The molecule has 3 heterocycles. The molecule has 0 spiro atoms. The van der Waals surface area contributed by atoms with Crippen LogP contribution in [0.4, 0.5) is 0 Å². The summed E-state index contributed by atoms with van der Waals surface area (Å²) in [7, 11) is 0. The van der Waals surface area contributed by atoms with E-state index in [0.717, 1.165) is 22.6 Å². The van der Waals surface area contributed by atoms with Crippen LogP contribution in [0.25, 0.3) is 11.3 Å². The Morgan fingerprint density at radius 3 is 2.62 bits per heavy atom. The number of likely N-dealkylation sites (tertiary alicyclic amines) is 1. The van der Waals surface area contributed by atoms with E-state index in [2.05, 4.69) is 15.5 Å². The van der Waals surface area contributed by atoms with Crippen LogP contribution in [0.3, 0.4) is 0 Å². The highest BCUT2D eigenvalue weighted by Crippen LogP contribution is 2.25. The Labute approximate surface area is 169 Å². The first-order chi connectivity index (χ1) is 14.1. The minimum atomic E-state index is -0.0863. The quantitative estimate of drug-likeness (QED) is 0.698. The molecule has 1 aromatic carbocycles. The summed E-state index contributed by atoms with van der Waals surface area (Å²) in [5.74, 6) is 0.593. The first-order valence-electron chi connectivity index (χ1n) is 9.83. The van der Waals surface area contributed by atoms with Crippen LogP contribution in [0, 0.1) is 12.8 Å². The third-order valence-electron chi connectivity index (χ3n) is 5.44. The third-order valence-corrected chi connectivity index (χ3v) is 5.44. The van der Waals surface area contributed by atoms with E-state index < -0.39 is 0 Å². The van der Waals surface area contributed by atoms with Crippen molar-refractivity contribution in [1.82, 2.24) is 20.4 Å². The number of rotatable bonds is 5. The lowest BCUT2D eigenvalue weighted by Gasteiger charge is -2.31. The number of amides is 2. The summed E-state index contributed by atoms with van der Waals surface area (Å²) < 4.78 is 5.24. The van der Waals surface area contributed by atoms with E-state index >= 15 is 0 Å². The lowest BCUT2D eigenvalue weighted by Crippen LogP contribution is -2.43. The van der Waals surface area contributed by atoms with Crippen LogP contribution in [0.1, 0.15) is 34.7 Å². The van der Waals surface area contributed by atoms with E-state index in [1.54, 1.807) is 17.2 Å². The van der Waals surface area contributed by atoms with E-state index in [0.29, 0.717) is 38.2 Å². The Balaban J connectivity index is 1.34. The Morgan fingerprint density at radius 2 is 1.93 bits per heavy atom. The normalized spacial score (nSPS) is 14.7. The lowest BCUT2D eigenvalue weighted by atomic mass is 9.95. The largest absolute Gasteiger partial charge is 0.467 e. The summed E-state index contributed by atoms with van der Waals surface area (Å²) in [5, 5.41) is 10.2. The highest BCUT2D eigenvalue weighted by molar-refractivity contribution is 5.95. The smallest absolute Gasteiger partial charge is 0.272 e. The van der Waals surface area contributed by atoms with Gasteiger partial charge in [0, 0.05) is 30.1 Å². The summed E-state index contributed by atoms with van der Waals surface area (Å²) in [6.45, 7) is 3.40. The van der Waals surface area contributed by atoms with Crippen LogP contribution >= 0.6 is 0 Å². The van der Waals surface area contributed by atoms with Gasteiger partial charge in [0.05, 0.1) is 18.5 Å². The molecule has 2 amide bonds. The number of carbonyl (C=O) groups is 2. The van der Waals surface area contributed by atoms with E-state index in [-0.39, 0.29) is 17.7 Å². The van der Waals surface area contributed by atoms with Gasteiger partial charge in [0.1, 0.15) is 11.5 Å². The molecule has 1 saturated heterocycles. The van der Waals surface area contributed by atoms with Crippen molar-refractivity contribution < 1.29 is 14.0 Å². The molecule has 2 aromatic heterocycles. The van der Waals surface area contributed by atoms with E-state index in [1.807, 2.05) is 43.3 Å². The third kappa shape index (κ3) is 4.08. The number of piperidine rings is 1. The van der Waals surface area contributed by atoms with Crippen molar-refractivity contribution in [3.8, 4) is 11.3 Å². The van der Waals surface area contributed by atoms with Crippen molar-refractivity contribution in [2.24, 2.45) is 5.92 Å². The summed E-state index contributed by atoms with van der Waals surface area (Å²) in [6, 6.07) is 13.4. The zero-order valence-corrected chi connectivity index (χ0v) is 16.4. The molecule has 1 fully saturated rings. The molecule has 1 aliphatic heterocycles. The van der Waals surface area contributed by atoms with Gasteiger partial charge in [-0.25, -0.2) is 0 Å². The molecule has 0 unspecified atom stereocenters. The van der Waals surface area contributed by atoms with E-state index in [9.17, 15) is 9.59 Å². The standard InChI is InChI=1S/C22H24N4O3/c1-15-19(16-6-3-2-4-7-16)24-25-20(15)22(28)26-11-9-17(10-12-26)21(27)23-14-18-8-5-13-29-18/h2-8,13,17H,9-12,14H2,1H3,(H,23,27)(H,24,25). The highest BCUT2D eigenvalue weighted by atomic mass is 16.3. The van der Waals surface area contributed by atoms with Gasteiger partial charge in [-0.15, -0.1) is 0 Å². The molecular formula is C22H24N4O3. The van der Waals surface area contributed by atoms with Crippen LogP contribution in [-0.2, 0) is 11.3 Å². The molecule has 150 valence electrons. The highest BCUT2D eigenvalue weighted by Gasteiger charge is 2.29. The van der Waals surface area contributed by atoms with Crippen LogP contribution in [0.2, 0.25) is 0 Å². The molecule has 29 heavy (non-hydrogen) atoms. The van der Waals surface area contributed by atoms with Gasteiger partial charge in [-0.2, -0.15) is 5.10 Å². The fraction of sp³-hybridized carbons (Fsp3) is 0.318. The van der Waals surface area contributed by atoms with Crippen LogP contribution in [-0.4, -0.2) is 40.0 Å². The monoisotopic (exact) mass is 392 g/mol. The van der Waals surface area contributed by atoms with Gasteiger partial charge >= 0.3 is 0 Å². The molecular weight excluding hydrogens is 368 g/mol. The molecule has 0 aliphatic carbocycles. The zero-order valence-electron chi connectivity index (χ0n) is 16.4. The second kappa shape index (κ2) is 8.34. The molecule has 0 saturated carbocycles. The van der Waals surface area contributed by atoms with Crippen molar-refractivity contribution in [3.63, 3.8) is 0 Å². The number of aromatic nitrogens is 2. The molecule has 7 heteroatoms. The van der Waals surface area contributed by atoms with Crippen molar-refractivity contribution in [2.75, 3.05) is 13.1 Å². The summed E-state index contributed by atoms with van der Waals surface area (Å²) in [5.41, 5.74) is 3.14. The number of hydrogen-bond donors (Lipinski definition) is 2. The maximum Gasteiger partial charge on any atom is 0.272 e. The number of carbonyl (C=O) groups excluding carboxylic acids is 2. The van der Waals surface area contributed by atoms with Crippen molar-refractivity contribution in [3.05, 3.63) is 65.7 Å². The van der Waals surface area contributed by atoms with Crippen molar-refractivity contribution in [2.45, 2.75) is 26.3 Å². The molecule has 0 radical (unpaired) electrons. The number of nitrogens with zero attached hydrogens (tertiary/aromatic N) is 2. The lowest BCUT2D eigenvalue weighted by molar-refractivity contribution is -0.126. The topological polar surface area (TPSA) is 91.2 Å². The fourth-order valence-corrected chi connectivity index (χ4v) is 3.72. The van der Waals surface area contributed by atoms with Crippen LogP contribution < -0.4 is 5.32 Å². The Hall–Kier alpha value is -3.35. The molecule has 4 rings (SSSR count). The maximum atomic E-state index is 13.0. The van der Waals surface area contributed by atoms with Gasteiger partial charge in [-0.05, 0) is 31.9 Å². The van der Waals surface area contributed by atoms with Crippen LogP contribution in [0.15, 0.2) is 53.1 Å². The van der Waals surface area contributed by atoms with Crippen molar-refractivity contribution >= 4 is 11.8 Å². The number of hydrogen-bond acceptors (Lipinski definition) is 4. The first kappa shape index (κ1) is 19.0. The Kier molecular flexibility index (Phi) is 5.46. The molecule has 7 nitrogen and oxygen atoms in total. The average Bonchev–Trinajstić information content (AvgIpc) is 3.42. The molecule has 3 aromatic rings. The minimum absolute atomic E-state index is 0.0117. The van der Waals surface area contributed by atoms with Gasteiger partial charge < -0.3 is 14.6 Å². The molecule has 2 N–H and O–H groups in total. The number of benzene rings is 1.